The molecule has 20 heavy (non-hydrogen) atoms. The number of amides is 1. The molecule has 2 rings (SSSR count). The van der Waals surface area contributed by atoms with Crippen molar-refractivity contribution in [1.82, 2.24) is 15.2 Å². The Morgan fingerprint density at radius 3 is 2.90 bits per heavy atom. The number of morpholine rings is 1. The molecule has 0 unspecified atom stereocenters. The van der Waals surface area contributed by atoms with Crippen LogP contribution >= 0.6 is 0 Å². The summed E-state index contributed by atoms with van der Waals surface area (Å²) in [6, 6.07) is 1.43. The molecule has 2 N–H and O–H groups in total. The smallest absolute Gasteiger partial charge is 0.256 e. The van der Waals surface area contributed by atoms with Crippen LogP contribution in [0.3, 0.4) is 0 Å². The first-order valence-corrected chi connectivity index (χ1v) is 6.94. The number of nitrogens with one attached hydrogen (secondary N) is 2. The van der Waals surface area contributed by atoms with Gasteiger partial charge in [0.15, 0.2) is 5.43 Å². The summed E-state index contributed by atoms with van der Waals surface area (Å²) in [6.07, 6.45) is 2.34. The number of carbonyl (C=O) groups excluding carboxylic acids is 1. The Balaban J connectivity index is 1.73. The van der Waals surface area contributed by atoms with Crippen molar-refractivity contribution in [2.24, 2.45) is 0 Å². The molecule has 1 amide bonds. The molecule has 1 fully saturated rings. The summed E-state index contributed by atoms with van der Waals surface area (Å²) < 4.78 is 5.28. The number of aromatic amines is 1. The van der Waals surface area contributed by atoms with Crippen molar-refractivity contribution in [2.75, 3.05) is 39.4 Å². The lowest BCUT2D eigenvalue weighted by atomic mass is 10.2. The number of rotatable bonds is 5. The molecular weight excluding hydrogens is 258 g/mol. The predicted molar refractivity (Wildman–Crippen MR) is 76.0 cm³/mol. The molecule has 0 aliphatic carbocycles. The minimum Gasteiger partial charge on any atom is -0.379 e. The van der Waals surface area contributed by atoms with E-state index in [2.05, 4.69) is 15.2 Å². The average Bonchev–Trinajstić information content (AvgIpc) is 2.44. The Morgan fingerprint density at radius 2 is 2.20 bits per heavy atom. The van der Waals surface area contributed by atoms with E-state index < -0.39 is 0 Å². The van der Waals surface area contributed by atoms with Crippen LogP contribution in [0.5, 0.6) is 0 Å². The summed E-state index contributed by atoms with van der Waals surface area (Å²) in [7, 11) is 0. The highest BCUT2D eigenvalue weighted by molar-refractivity contribution is 5.93. The summed E-state index contributed by atoms with van der Waals surface area (Å²) in [5, 5.41) is 2.78. The quantitative estimate of drug-likeness (QED) is 0.752. The molecule has 0 spiro atoms. The second-order valence-corrected chi connectivity index (χ2v) is 4.96. The van der Waals surface area contributed by atoms with E-state index in [-0.39, 0.29) is 16.9 Å². The van der Waals surface area contributed by atoms with Gasteiger partial charge in [0.2, 0.25) is 0 Å². The maximum absolute atomic E-state index is 11.9. The van der Waals surface area contributed by atoms with E-state index in [0.717, 1.165) is 45.0 Å². The molecular formula is C14H21N3O3. The Bertz CT molecular complexity index is 507. The van der Waals surface area contributed by atoms with Crippen LogP contribution in [-0.4, -0.2) is 55.2 Å². The number of nitrogens with zero attached hydrogens (tertiary/aromatic N) is 1. The highest BCUT2D eigenvalue weighted by Crippen LogP contribution is 1.98. The molecule has 1 aromatic heterocycles. The monoisotopic (exact) mass is 279 g/mol. The van der Waals surface area contributed by atoms with Gasteiger partial charge in [0.25, 0.3) is 5.91 Å². The lowest BCUT2D eigenvalue weighted by Crippen LogP contribution is -2.38. The van der Waals surface area contributed by atoms with Crippen LogP contribution in [0.1, 0.15) is 22.5 Å². The maximum Gasteiger partial charge on any atom is 0.256 e. The van der Waals surface area contributed by atoms with Gasteiger partial charge in [-0.05, 0) is 19.9 Å². The molecule has 1 aliphatic heterocycles. The van der Waals surface area contributed by atoms with Gasteiger partial charge < -0.3 is 15.0 Å². The van der Waals surface area contributed by atoms with Crippen LogP contribution in [0.2, 0.25) is 0 Å². The van der Waals surface area contributed by atoms with Gasteiger partial charge in [-0.3, -0.25) is 14.5 Å². The SMILES string of the molecule is Cc1cc(=O)c(C(=O)NCCCN2CCOCC2)c[nH]1. The Hall–Kier alpha value is -1.66. The summed E-state index contributed by atoms with van der Waals surface area (Å²) in [4.78, 5) is 28.7. The largest absolute Gasteiger partial charge is 0.379 e. The Kier molecular flexibility index (Phi) is 5.31. The number of aromatic nitrogens is 1. The zero-order chi connectivity index (χ0) is 14.4. The van der Waals surface area contributed by atoms with Crippen LogP contribution < -0.4 is 10.7 Å². The van der Waals surface area contributed by atoms with Crippen LogP contribution in [-0.2, 0) is 4.74 Å². The van der Waals surface area contributed by atoms with Crippen LogP contribution in [0, 0.1) is 6.92 Å². The second kappa shape index (κ2) is 7.21. The number of pyridine rings is 1. The molecule has 6 heteroatoms. The first-order chi connectivity index (χ1) is 9.66. The minimum absolute atomic E-state index is 0.168. The van der Waals surface area contributed by atoms with Crippen molar-refractivity contribution in [3.63, 3.8) is 0 Å². The van der Waals surface area contributed by atoms with E-state index >= 15 is 0 Å². The average molecular weight is 279 g/mol. The number of hydrogen-bond donors (Lipinski definition) is 2. The summed E-state index contributed by atoms with van der Waals surface area (Å²) in [5.74, 6) is -0.312. The van der Waals surface area contributed by atoms with Gasteiger partial charge >= 0.3 is 0 Å². The van der Waals surface area contributed by atoms with E-state index in [9.17, 15) is 9.59 Å². The molecule has 0 saturated carbocycles. The molecule has 1 aliphatic rings. The normalized spacial score (nSPS) is 16.1. The van der Waals surface area contributed by atoms with Gasteiger partial charge in [-0.1, -0.05) is 0 Å². The minimum atomic E-state index is -0.312. The number of carbonyl (C=O) groups is 1. The van der Waals surface area contributed by atoms with Crippen molar-refractivity contribution >= 4 is 5.91 Å². The predicted octanol–water partition coefficient (Wildman–Crippen LogP) is 0.135. The molecule has 0 bridgehead atoms. The molecule has 0 aromatic carbocycles. The van der Waals surface area contributed by atoms with E-state index in [4.69, 9.17) is 4.74 Å². The Morgan fingerprint density at radius 1 is 1.45 bits per heavy atom. The molecule has 110 valence electrons. The number of H-pyrrole nitrogens is 1. The highest BCUT2D eigenvalue weighted by atomic mass is 16.5. The lowest BCUT2D eigenvalue weighted by Gasteiger charge is -2.26. The first kappa shape index (κ1) is 14.7. The van der Waals surface area contributed by atoms with Gasteiger partial charge in [-0.25, -0.2) is 0 Å². The third-order valence-corrected chi connectivity index (χ3v) is 3.34. The zero-order valence-electron chi connectivity index (χ0n) is 11.8. The maximum atomic E-state index is 11.9. The fraction of sp³-hybridized carbons (Fsp3) is 0.571. The van der Waals surface area contributed by atoms with Crippen LogP contribution in [0.15, 0.2) is 17.1 Å². The zero-order valence-corrected chi connectivity index (χ0v) is 11.8. The molecule has 6 nitrogen and oxygen atoms in total. The van der Waals surface area contributed by atoms with E-state index in [1.165, 1.54) is 12.3 Å². The first-order valence-electron chi connectivity index (χ1n) is 6.94. The van der Waals surface area contributed by atoms with E-state index in [0.29, 0.717) is 6.54 Å². The number of hydrogen-bond acceptors (Lipinski definition) is 4. The lowest BCUT2D eigenvalue weighted by molar-refractivity contribution is 0.0374. The van der Waals surface area contributed by atoms with Gasteiger partial charge in [-0.15, -0.1) is 0 Å². The van der Waals surface area contributed by atoms with Crippen molar-refractivity contribution in [3.8, 4) is 0 Å². The van der Waals surface area contributed by atoms with Crippen molar-refractivity contribution in [3.05, 3.63) is 33.7 Å². The van der Waals surface area contributed by atoms with Crippen LogP contribution in [0.4, 0.5) is 0 Å². The second-order valence-electron chi connectivity index (χ2n) is 4.96. The van der Waals surface area contributed by atoms with Gasteiger partial charge in [0.1, 0.15) is 5.56 Å². The fourth-order valence-corrected chi connectivity index (χ4v) is 2.18. The van der Waals surface area contributed by atoms with Crippen molar-refractivity contribution in [1.29, 1.82) is 0 Å². The third-order valence-electron chi connectivity index (χ3n) is 3.34. The third kappa shape index (κ3) is 4.18. The fourth-order valence-electron chi connectivity index (χ4n) is 2.18. The van der Waals surface area contributed by atoms with Gasteiger partial charge in [0.05, 0.1) is 13.2 Å². The Labute approximate surface area is 118 Å². The number of ether oxygens (including phenoxy) is 1. The van der Waals surface area contributed by atoms with Crippen LogP contribution in [0.25, 0.3) is 0 Å². The topological polar surface area (TPSA) is 74.4 Å². The summed E-state index contributed by atoms with van der Waals surface area (Å²) in [6.45, 7) is 6.76. The van der Waals surface area contributed by atoms with E-state index in [1.807, 2.05) is 0 Å². The van der Waals surface area contributed by atoms with E-state index in [1.54, 1.807) is 6.92 Å². The highest BCUT2D eigenvalue weighted by Gasteiger charge is 2.11. The molecule has 2 heterocycles. The summed E-state index contributed by atoms with van der Waals surface area (Å²) >= 11 is 0. The summed E-state index contributed by atoms with van der Waals surface area (Å²) in [5.41, 5.74) is 0.674. The van der Waals surface area contributed by atoms with Gasteiger partial charge in [0, 0.05) is 37.6 Å². The molecule has 0 radical (unpaired) electrons. The van der Waals surface area contributed by atoms with Gasteiger partial charge in [-0.2, -0.15) is 0 Å². The standard InChI is InChI=1S/C14H21N3O3/c1-11-9-13(18)12(10-16-11)14(19)15-3-2-4-17-5-7-20-8-6-17/h9-10H,2-8H2,1H3,(H,15,19)(H,16,18). The van der Waals surface area contributed by atoms with Crippen molar-refractivity contribution < 1.29 is 9.53 Å². The molecule has 1 saturated heterocycles. The molecule has 1 aromatic rings. The van der Waals surface area contributed by atoms with Crippen molar-refractivity contribution in [2.45, 2.75) is 13.3 Å². The molecule has 0 atom stereocenters. The number of aryl methyl sites for hydroxylation is 1.